The first-order chi connectivity index (χ1) is 6.47. The van der Waals surface area contributed by atoms with Crippen LogP contribution in [0.3, 0.4) is 0 Å². The third-order valence-electron chi connectivity index (χ3n) is 1.50. The molecular weight excluding hydrogens is 222 g/mol. The summed E-state index contributed by atoms with van der Waals surface area (Å²) in [6.45, 7) is 2.48. The smallest absolute Gasteiger partial charge is 0.209 e. The summed E-state index contributed by atoms with van der Waals surface area (Å²) in [7, 11) is -3.33. The zero-order valence-corrected chi connectivity index (χ0v) is 9.49. The third kappa shape index (κ3) is 4.54. The number of hydrogen-bond donors (Lipinski definition) is 2. The van der Waals surface area contributed by atoms with Gasteiger partial charge in [-0.2, -0.15) is 0 Å². The summed E-state index contributed by atoms with van der Waals surface area (Å²) in [5.41, 5.74) is 0.962. The van der Waals surface area contributed by atoms with Crippen molar-refractivity contribution in [2.45, 2.75) is 13.3 Å². The number of nitrogens with zero attached hydrogens (tertiary/aromatic N) is 1. The molecule has 1 heterocycles. The van der Waals surface area contributed by atoms with Crippen molar-refractivity contribution >= 4 is 26.5 Å². The first kappa shape index (κ1) is 11.4. The molecule has 0 saturated carbocycles. The fourth-order valence-corrected chi connectivity index (χ4v) is 2.17. The van der Waals surface area contributed by atoms with Crippen LogP contribution < -0.4 is 10.5 Å². The molecule has 0 amide bonds. The van der Waals surface area contributed by atoms with Crippen LogP contribution in [-0.2, 0) is 10.0 Å². The second-order valence-electron chi connectivity index (χ2n) is 2.94. The second-order valence-corrected chi connectivity index (χ2v) is 5.53. The normalized spacial score (nSPS) is 11.6. The predicted molar refractivity (Wildman–Crippen MR) is 57.9 cm³/mol. The zero-order chi connectivity index (χ0) is 10.6. The van der Waals surface area contributed by atoms with Crippen molar-refractivity contribution in [2.24, 2.45) is 5.14 Å². The Morgan fingerprint density at radius 2 is 2.36 bits per heavy atom. The summed E-state index contributed by atoms with van der Waals surface area (Å²) in [6.07, 6.45) is 0.497. The minimum absolute atomic E-state index is 0.00432. The van der Waals surface area contributed by atoms with Crippen molar-refractivity contribution in [1.82, 2.24) is 4.98 Å². The molecule has 0 spiro atoms. The van der Waals surface area contributed by atoms with E-state index in [9.17, 15) is 8.42 Å². The average Bonchev–Trinajstić information content (AvgIpc) is 2.44. The monoisotopic (exact) mass is 235 g/mol. The summed E-state index contributed by atoms with van der Waals surface area (Å²) < 4.78 is 21.2. The number of primary sulfonamides is 1. The molecule has 0 unspecified atom stereocenters. The highest BCUT2D eigenvalue weighted by Gasteiger charge is 2.02. The molecule has 0 aliphatic carbocycles. The highest BCUT2D eigenvalue weighted by molar-refractivity contribution is 7.89. The lowest BCUT2D eigenvalue weighted by Gasteiger charge is -2.00. The van der Waals surface area contributed by atoms with Crippen LogP contribution in [0.5, 0.6) is 0 Å². The van der Waals surface area contributed by atoms with Gasteiger partial charge in [-0.25, -0.2) is 18.5 Å². The van der Waals surface area contributed by atoms with Gasteiger partial charge in [0.15, 0.2) is 5.13 Å². The molecule has 0 radical (unpaired) electrons. The van der Waals surface area contributed by atoms with Gasteiger partial charge in [0.25, 0.3) is 0 Å². The van der Waals surface area contributed by atoms with Crippen molar-refractivity contribution < 1.29 is 8.42 Å². The molecule has 0 atom stereocenters. The van der Waals surface area contributed by atoms with Crippen LogP contribution in [0.2, 0.25) is 0 Å². The summed E-state index contributed by atoms with van der Waals surface area (Å²) in [5.74, 6) is 0.00432. The Morgan fingerprint density at radius 3 is 2.86 bits per heavy atom. The third-order valence-corrected chi connectivity index (χ3v) is 3.28. The number of nitrogens with one attached hydrogen (secondary N) is 1. The summed E-state index contributed by atoms with van der Waals surface area (Å²) >= 11 is 1.50. The van der Waals surface area contributed by atoms with Crippen molar-refractivity contribution in [2.75, 3.05) is 17.6 Å². The van der Waals surface area contributed by atoms with Gasteiger partial charge in [0.1, 0.15) is 0 Å². The first-order valence-corrected chi connectivity index (χ1v) is 6.73. The van der Waals surface area contributed by atoms with Crippen LogP contribution in [0.1, 0.15) is 12.1 Å². The molecule has 0 bridgehead atoms. The van der Waals surface area contributed by atoms with Crippen LogP contribution in [0.25, 0.3) is 0 Å². The van der Waals surface area contributed by atoms with E-state index in [1.54, 1.807) is 0 Å². The van der Waals surface area contributed by atoms with Gasteiger partial charge in [-0.05, 0) is 13.3 Å². The average molecular weight is 235 g/mol. The van der Waals surface area contributed by atoms with E-state index in [1.807, 2.05) is 12.3 Å². The zero-order valence-electron chi connectivity index (χ0n) is 7.86. The highest BCUT2D eigenvalue weighted by Crippen LogP contribution is 2.13. The van der Waals surface area contributed by atoms with E-state index < -0.39 is 10.0 Å². The molecular formula is C7H13N3O2S2. The minimum atomic E-state index is -3.33. The van der Waals surface area contributed by atoms with E-state index in [0.717, 1.165) is 10.8 Å². The standard InChI is InChI=1S/C7H13N3O2S2/c1-6-5-13-7(10-6)9-3-2-4-14(8,11)12/h5H,2-4H2,1H3,(H,9,10)(H2,8,11,12). The van der Waals surface area contributed by atoms with Gasteiger partial charge < -0.3 is 5.32 Å². The van der Waals surface area contributed by atoms with Crippen molar-refractivity contribution in [3.05, 3.63) is 11.1 Å². The van der Waals surface area contributed by atoms with Gasteiger partial charge in [0.05, 0.1) is 11.4 Å². The molecule has 0 saturated heterocycles. The fraction of sp³-hybridized carbons (Fsp3) is 0.571. The molecule has 0 fully saturated rings. The lowest BCUT2D eigenvalue weighted by Crippen LogP contribution is -2.18. The van der Waals surface area contributed by atoms with Crippen molar-refractivity contribution in [3.63, 3.8) is 0 Å². The van der Waals surface area contributed by atoms with E-state index in [1.165, 1.54) is 11.3 Å². The number of aromatic nitrogens is 1. The lowest BCUT2D eigenvalue weighted by atomic mass is 10.5. The van der Waals surface area contributed by atoms with Gasteiger partial charge in [0, 0.05) is 11.9 Å². The van der Waals surface area contributed by atoms with Crippen LogP contribution in [0.4, 0.5) is 5.13 Å². The molecule has 7 heteroatoms. The Bertz CT molecular complexity index is 385. The topological polar surface area (TPSA) is 85.1 Å². The van der Waals surface area contributed by atoms with E-state index in [4.69, 9.17) is 5.14 Å². The maximum atomic E-state index is 10.6. The summed E-state index contributed by atoms with van der Waals surface area (Å²) in [6, 6.07) is 0. The second kappa shape index (κ2) is 4.72. The number of sulfonamides is 1. The Balaban J connectivity index is 2.23. The van der Waals surface area contributed by atoms with Crippen LogP contribution in [0.15, 0.2) is 5.38 Å². The molecule has 0 aromatic carbocycles. The molecule has 1 aromatic rings. The number of hydrogen-bond acceptors (Lipinski definition) is 5. The Hall–Kier alpha value is -0.660. The molecule has 1 aromatic heterocycles. The van der Waals surface area contributed by atoms with Gasteiger partial charge in [-0.1, -0.05) is 0 Å². The fourth-order valence-electron chi connectivity index (χ4n) is 0.904. The molecule has 3 N–H and O–H groups in total. The molecule has 1 rings (SSSR count). The van der Waals surface area contributed by atoms with Gasteiger partial charge in [-0.15, -0.1) is 11.3 Å². The maximum absolute atomic E-state index is 10.6. The molecule has 14 heavy (non-hydrogen) atoms. The summed E-state index contributed by atoms with van der Waals surface area (Å²) in [4.78, 5) is 4.17. The van der Waals surface area contributed by atoms with Crippen molar-refractivity contribution in [1.29, 1.82) is 0 Å². The van der Waals surface area contributed by atoms with Crippen LogP contribution in [-0.4, -0.2) is 25.7 Å². The quantitative estimate of drug-likeness (QED) is 0.729. The largest absolute Gasteiger partial charge is 0.361 e. The lowest BCUT2D eigenvalue weighted by molar-refractivity contribution is 0.596. The first-order valence-electron chi connectivity index (χ1n) is 4.14. The highest BCUT2D eigenvalue weighted by atomic mass is 32.2. The van der Waals surface area contributed by atoms with E-state index >= 15 is 0 Å². The number of nitrogens with two attached hydrogens (primary N) is 1. The van der Waals surface area contributed by atoms with E-state index in [2.05, 4.69) is 10.3 Å². The molecule has 80 valence electrons. The van der Waals surface area contributed by atoms with E-state index in [0.29, 0.717) is 13.0 Å². The number of anilines is 1. The summed E-state index contributed by atoms with van der Waals surface area (Å²) in [5, 5.41) is 10.6. The number of rotatable bonds is 5. The Labute approximate surface area is 87.4 Å². The van der Waals surface area contributed by atoms with Crippen LogP contribution >= 0.6 is 11.3 Å². The molecule has 0 aliphatic rings. The molecule has 5 nitrogen and oxygen atoms in total. The van der Waals surface area contributed by atoms with Gasteiger partial charge in [0.2, 0.25) is 10.0 Å². The van der Waals surface area contributed by atoms with Crippen molar-refractivity contribution in [3.8, 4) is 0 Å². The van der Waals surface area contributed by atoms with Gasteiger partial charge >= 0.3 is 0 Å². The van der Waals surface area contributed by atoms with Crippen LogP contribution in [0, 0.1) is 6.92 Å². The number of aryl methyl sites for hydroxylation is 1. The Kier molecular flexibility index (Phi) is 3.85. The number of thiazole rings is 1. The molecule has 0 aliphatic heterocycles. The van der Waals surface area contributed by atoms with Gasteiger partial charge in [-0.3, -0.25) is 0 Å². The predicted octanol–water partition coefficient (Wildman–Crippen LogP) is 0.542. The minimum Gasteiger partial charge on any atom is -0.361 e. The SMILES string of the molecule is Cc1csc(NCCCS(N)(=O)=O)n1. The maximum Gasteiger partial charge on any atom is 0.209 e. The Morgan fingerprint density at radius 1 is 1.64 bits per heavy atom. The van der Waals surface area contributed by atoms with E-state index in [-0.39, 0.29) is 5.75 Å².